The summed E-state index contributed by atoms with van der Waals surface area (Å²) in [5.41, 5.74) is 0.272. The van der Waals surface area contributed by atoms with Crippen molar-refractivity contribution in [3.8, 4) is 0 Å². The maximum absolute atomic E-state index is 12.0. The van der Waals surface area contributed by atoms with Crippen LogP contribution in [-0.4, -0.2) is 34.6 Å². The molecule has 0 aliphatic carbocycles. The maximum atomic E-state index is 12.0. The molecule has 2 rings (SSSR count). The molecule has 8 nitrogen and oxygen atoms in total. The van der Waals surface area contributed by atoms with Gasteiger partial charge in [-0.2, -0.15) is 0 Å². The zero-order chi connectivity index (χ0) is 19.8. The summed E-state index contributed by atoms with van der Waals surface area (Å²) in [6.45, 7) is 1.00. The monoisotopic (exact) mass is 388 g/mol. The van der Waals surface area contributed by atoms with Crippen LogP contribution in [0.4, 0.5) is 5.69 Å². The van der Waals surface area contributed by atoms with Crippen LogP contribution in [-0.2, 0) is 14.3 Å². The number of nitrogens with zero attached hydrogens (tertiary/aromatic N) is 1. The second-order valence-corrected chi connectivity index (χ2v) is 6.78. The van der Waals surface area contributed by atoms with Crippen LogP contribution in [0, 0.1) is 10.1 Å². The number of ether oxygens (including phenoxy) is 1. The van der Waals surface area contributed by atoms with Crippen molar-refractivity contribution in [2.75, 3.05) is 6.61 Å². The van der Waals surface area contributed by atoms with Crippen LogP contribution in [0.5, 0.6) is 0 Å². The van der Waals surface area contributed by atoms with Gasteiger partial charge in [-0.05, 0) is 31.2 Å². The lowest BCUT2D eigenvalue weighted by molar-refractivity contribution is -0.384. The number of nitrogens with one attached hydrogen (secondary N) is 1. The molecule has 0 aliphatic rings. The van der Waals surface area contributed by atoms with Crippen LogP contribution in [0.2, 0.25) is 0 Å². The van der Waals surface area contributed by atoms with Gasteiger partial charge in [-0.25, -0.2) is 0 Å². The Morgan fingerprint density at radius 3 is 2.33 bits per heavy atom. The summed E-state index contributed by atoms with van der Waals surface area (Å²) in [5.74, 6) is -1.95. The smallest absolute Gasteiger partial charge is 0.319 e. The number of amides is 2. The van der Waals surface area contributed by atoms with Crippen molar-refractivity contribution in [3.05, 3.63) is 70.3 Å². The van der Waals surface area contributed by atoms with E-state index < -0.39 is 34.6 Å². The van der Waals surface area contributed by atoms with Crippen molar-refractivity contribution in [1.82, 2.24) is 5.32 Å². The van der Waals surface area contributed by atoms with E-state index in [1.807, 2.05) is 0 Å². The van der Waals surface area contributed by atoms with Crippen LogP contribution in [0.25, 0.3) is 0 Å². The lowest BCUT2D eigenvalue weighted by Crippen LogP contribution is -2.35. The van der Waals surface area contributed by atoms with E-state index in [2.05, 4.69) is 5.32 Å². The summed E-state index contributed by atoms with van der Waals surface area (Å²) in [6.07, 6.45) is 0. The Bertz CT molecular complexity index is 839. The quantitative estimate of drug-likeness (QED) is 0.335. The van der Waals surface area contributed by atoms with E-state index in [4.69, 9.17) is 4.74 Å². The van der Waals surface area contributed by atoms with Gasteiger partial charge >= 0.3 is 5.97 Å². The molecule has 9 heteroatoms. The molecule has 0 aromatic heterocycles. The van der Waals surface area contributed by atoms with Crippen molar-refractivity contribution in [2.24, 2.45) is 0 Å². The van der Waals surface area contributed by atoms with E-state index in [0.717, 1.165) is 11.8 Å². The number of carbonyl (C=O) groups excluding carboxylic acids is 3. The fourth-order valence-electron chi connectivity index (χ4n) is 1.98. The Balaban J connectivity index is 1.79. The molecule has 1 atom stereocenters. The minimum absolute atomic E-state index is 0.0469. The van der Waals surface area contributed by atoms with Crippen molar-refractivity contribution >= 4 is 35.2 Å². The average molecular weight is 388 g/mol. The molecular formula is C18H16N2O6S. The number of benzene rings is 2. The van der Waals surface area contributed by atoms with E-state index in [9.17, 15) is 24.5 Å². The molecule has 0 spiro atoms. The number of nitro benzene ring substituents is 1. The number of hydrogen-bond acceptors (Lipinski definition) is 7. The number of thioether (sulfide) groups is 1. The van der Waals surface area contributed by atoms with Gasteiger partial charge in [0.25, 0.3) is 17.5 Å². The Morgan fingerprint density at radius 2 is 1.74 bits per heavy atom. The lowest BCUT2D eigenvalue weighted by atomic mass is 10.2. The van der Waals surface area contributed by atoms with Gasteiger partial charge in [-0.3, -0.25) is 29.8 Å². The fourth-order valence-corrected chi connectivity index (χ4v) is 2.84. The molecule has 0 unspecified atom stereocenters. The van der Waals surface area contributed by atoms with E-state index in [0.29, 0.717) is 10.5 Å². The average Bonchev–Trinajstić information content (AvgIpc) is 2.67. The van der Waals surface area contributed by atoms with Crippen molar-refractivity contribution in [1.29, 1.82) is 0 Å². The molecular weight excluding hydrogens is 372 g/mol. The second kappa shape index (κ2) is 9.48. The van der Waals surface area contributed by atoms with Gasteiger partial charge in [0.1, 0.15) is 5.25 Å². The summed E-state index contributed by atoms with van der Waals surface area (Å²) in [5, 5.41) is 12.1. The normalized spacial score (nSPS) is 11.3. The molecule has 140 valence electrons. The highest BCUT2D eigenvalue weighted by Crippen LogP contribution is 2.25. The maximum Gasteiger partial charge on any atom is 0.319 e. The Labute approximate surface area is 159 Å². The molecule has 2 aromatic rings. The molecule has 2 amide bonds. The molecule has 0 heterocycles. The molecule has 2 aromatic carbocycles. The largest absolute Gasteiger partial charge is 0.455 e. The predicted molar refractivity (Wildman–Crippen MR) is 98.3 cm³/mol. The van der Waals surface area contributed by atoms with Crippen molar-refractivity contribution in [2.45, 2.75) is 17.1 Å². The second-order valence-electron chi connectivity index (χ2n) is 5.36. The number of rotatable bonds is 7. The van der Waals surface area contributed by atoms with Gasteiger partial charge in [-0.1, -0.05) is 18.2 Å². The SMILES string of the molecule is C[C@@H](Sc1ccc([N+](=O)[O-])cc1)C(=O)OCC(=O)NC(=O)c1ccccc1. The van der Waals surface area contributed by atoms with Crippen LogP contribution < -0.4 is 5.32 Å². The summed E-state index contributed by atoms with van der Waals surface area (Å²) in [6, 6.07) is 13.9. The molecule has 0 saturated heterocycles. The summed E-state index contributed by atoms with van der Waals surface area (Å²) in [7, 11) is 0. The first-order valence-electron chi connectivity index (χ1n) is 7.84. The van der Waals surface area contributed by atoms with E-state index in [1.165, 1.54) is 24.3 Å². The van der Waals surface area contributed by atoms with Crippen molar-refractivity contribution < 1.29 is 24.0 Å². The van der Waals surface area contributed by atoms with Crippen LogP contribution in [0.1, 0.15) is 17.3 Å². The number of esters is 1. The zero-order valence-electron chi connectivity index (χ0n) is 14.3. The van der Waals surface area contributed by atoms with Gasteiger partial charge in [0, 0.05) is 22.6 Å². The van der Waals surface area contributed by atoms with Gasteiger partial charge in [-0.15, -0.1) is 11.8 Å². The highest BCUT2D eigenvalue weighted by Gasteiger charge is 2.19. The third-order valence-corrected chi connectivity index (χ3v) is 4.42. The topological polar surface area (TPSA) is 116 Å². The zero-order valence-corrected chi connectivity index (χ0v) is 15.1. The van der Waals surface area contributed by atoms with Crippen LogP contribution in [0.3, 0.4) is 0 Å². The summed E-state index contributed by atoms with van der Waals surface area (Å²) < 4.78 is 4.90. The number of hydrogen-bond donors (Lipinski definition) is 1. The third kappa shape index (κ3) is 6.23. The van der Waals surface area contributed by atoms with Gasteiger partial charge in [0.05, 0.1) is 4.92 Å². The number of carbonyl (C=O) groups is 3. The van der Waals surface area contributed by atoms with Gasteiger partial charge < -0.3 is 4.74 Å². The highest BCUT2D eigenvalue weighted by molar-refractivity contribution is 8.00. The highest BCUT2D eigenvalue weighted by atomic mass is 32.2. The Morgan fingerprint density at radius 1 is 1.11 bits per heavy atom. The first kappa shape index (κ1) is 20.1. The first-order chi connectivity index (χ1) is 12.9. The Kier molecular flexibility index (Phi) is 7.07. The van der Waals surface area contributed by atoms with E-state index in [-0.39, 0.29) is 5.69 Å². The minimum Gasteiger partial charge on any atom is -0.455 e. The third-order valence-electron chi connectivity index (χ3n) is 3.33. The molecule has 0 saturated carbocycles. The number of nitro groups is 1. The van der Waals surface area contributed by atoms with E-state index >= 15 is 0 Å². The molecule has 1 N–H and O–H groups in total. The van der Waals surface area contributed by atoms with Gasteiger partial charge in [0.15, 0.2) is 6.61 Å². The Hall–Kier alpha value is -3.20. The predicted octanol–water partition coefficient (Wildman–Crippen LogP) is 2.58. The number of non-ortho nitro benzene ring substituents is 1. The lowest BCUT2D eigenvalue weighted by Gasteiger charge is -2.11. The molecule has 0 radical (unpaired) electrons. The first-order valence-corrected chi connectivity index (χ1v) is 8.72. The van der Waals surface area contributed by atoms with Crippen molar-refractivity contribution in [3.63, 3.8) is 0 Å². The van der Waals surface area contributed by atoms with Gasteiger partial charge in [0.2, 0.25) is 0 Å². The summed E-state index contributed by atoms with van der Waals surface area (Å²) in [4.78, 5) is 46.3. The fraction of sp³-hybridized carbons (Fsp3) is 0.167. The molecule has 27 heavy (non-hydrogen) atoms. The molecule has 0 bridgehead atoms. The van der Waals surface area contributed by atoms with E-state index in [1.54, 1.807) is 37.3 Å². The minimum atomic E-state index is -0.732. The molecule has 0 aliphatic heterocycles. The van der Waals surface area contributed by atoms with Crippen LogP contribution in [0.15, 0.2) is 59.5 Å². The summed E-state index contributed by atoms with van der Waals surface area (Å²) >= 11 is 1.14. The molecule has 0 fully saturated rings. The standard InChI is InChI=1S/C18H16N2O6S/c1-12(27-15-9-7-14(8-10-15)20(24)25)18(23)26-11-16(21)19-17(22)13-5-3-2-4-6-13/h2-10,12H,11H2,1H3,(H,19,21,22)/t12-/m1/s1. The van der Waals surface area contributed by atoms with Crippen LogP contribution >= 0.6 is 11.8 Å². The number of imide groups is 1.